The Balaban J connectivity index is 1.74. The molecule has 3 heterocycles. The fourth-order valence-corrected chi connectivity index (χ4v) is 4.62. The van der Waals surface area contributed by atoms with E-state index in [4.69, 9.17) is 4.74 Å². The lowest BCUT2D eigenvalue weighted by Crippen LogP contribution is -2.54. The normalized spacial score (nSPS) is 38.6. The summed E-state index contributed by atoms with van der Waals surface area (Å²) >= 11 is 3.58. The Bertz CT molecular complexity index is 535. The molecule has 1 N–H and O–H groups in total. The highest BCUT2D eigenvalue weighted by Gasteiger charge is 2.51. The van der Waals surface area contributed by atoms with E-state index >= 15 is 0 Å². The van der Waals surface area contributed by atoms with Crippen LogP contribution in [0.2, 0.25) is 0 Å². The van der Waals surface area contributed by atoms with Crippen LogP contribution in [0.25, 0.3) is 0 Å². The van der Waals surface area contributed by atoms with Crippen LogP contribution in [-0.2, 0) is 0 Å². The summed E-state index contributed by atoms with van der Waals surface area (Å²) in [5, 5.41) is 3.50. The molecule has 0 radical (unpaired) electrons. The van der Waals surface area contributed by atoms with Crippen molar-refractivity contribution in [3.8, 4) is 5.75 Å². The van der Waals surface area contributed by atoms with E-state index in [2.05, 4.69) is 51.4 Å². The Morgan fingerprint density at radius 3 is 3.15 bits per heavy atom. The van der Waals surface area contributed by atoms with Gasteiger partial charge in [-0.3, -0.25) is 0 Å². The van der Waals surface area contributed by atoms with Crippen LogP contribution in [0.4, 0.5) is 0 Å². The van der Waals surface area contributed by atoms with Crippen molar-refractivity contribution in [3.63, 3.8) is 0 Å². The van der Waals surface area contributed by atoms with Gasteiger partial charge in [0.25, 0.3) is 0 Å². The lowest BCUT2D eigenvalue weighted by molar-refractivity contribution is -0.0468. The minimum Gasteiger partial charge on any atom is -0.486 e. The van der Waals surface area contributed by atoms with E-state index in [1.54, 1.807) is 0 Å². The van der Waals surface area contributed by atoms with Crippen molar-refractivity contribution in [2.75, 3.05) is 26.7 Å². The van der Waals surface area contributed by atoms with Crippen LogP contribution >= 0.6 is 15.9 Å². The fourth-order valence-electron chi connectivity index (χ4n) is 4.28. The molecule has 1 aromatic rings. The van der Waals surface area contributed by atoms with E-state index in [1.807, 2.05) is 0 Å². The predicted molar refractivity (Wildman–Crippen MR) is 83.1 cm³/mol. The molecule has 0 aliphatic carbocycles. The zero-order valence-electron chi connectivity index (χ0n) is 11.9. The molecule has 1 aromatic carbocycles. The van der Waals surface area contributed by atoms with Crippen molar-refractivity contribution in [1.29, 1.82) is 0 Å². The molecule has 108 valence electrons. The number of benzene rings is 1. The Hall–Kier alpha value is -0.580. The number of hydrogen-bond donors (Lipinski definition) is 1. The first-order valence-electron chi connectivity index (χ1n) is 7.58. The van der Waals surface area contributed by atoms with Gasteiger partial charge in [-0.2, -0.15) is 0 Å². The number of nitrogens with one attached hydrogen (secondary N) is 1. The summed E-state index contributed by atoms with van der Waals surface area (Å²) in [7, 11) is 2.07. The number of fused-ring (bicyclic) bond motifs is 4. The quantitative estimate of drug-likeness (QED) is 0.853. The molecule has 3 aliphatic rings. The van der Waals surface area contributed by atoms with Crippen LogP contribution in [0.15, 0.2) is 22.7 Å². The second-order valence-electron chi connectivity index (χ2n) is 6.43. The summed E-state index contributed by atoms with van der Waals surface area (Å²) in [6, 6.07) is 6.86. The number of hydrogen-bond acceptors (Lipinski definition) is 3. The molecule has 4 unspecified atom stereocenters. The minimum atomic E-state index is 0.0501. The summed E-state index contributed by atoms with van der Waals surface area (Å²) in [4.78, 5) is 2.59. The fraction of sp³-hybridized carbons (Fsp3) is 0.625. The maximum absolute atomic E-state index is 6.61. The molecule has 4 heteroatoms. The topological polar surface area (TPSA) is 24.5 Å². The van der Waals surface area contributed by atoms with Gasteiger partial charge in [-0.25, -0.2) is 0 Å². The zero-order chi connectivity index (χ0) is 13.7. The van der Waals surface area contributed by atoms with Gasteiger partial charge in [-0.15, -0.1) is 0 Å². The maximum Gasteiger partial charge on any atom is 0.126 e. The zero-order valence-corrected chi connectivity index (χ0v) is 13.4. The molecule has 2 saturated heterocycles. The monoisotopic (exact) mass is 336 g/mol. The third-order valence-electron chi connectivity index (χ3n) is 5.43. The maximum atomic E-state index is 6.61. The van der Waals surface area contributed by atoms with Gasteiger partial charge in [0, 0.05) is 47.9 Å². The van der Waals surface area contributed by atoms with Crippen LogP contribution in [0, 0.1) is 5.92 Å². The van der Waals surface area contributed by atoms with Gasteiger partial charge in [-0.05, 0) is 32.1 Å². The van der Waals surface area contributed by atoms with E-state index in [1.165, 1.54) is 38.0 Å². The first-order chi connectivity index (χ1) is 9.70. The summed E-state index contributed by atoms with van der Waals surface area (Å²) in [6.45, 7) is 3.67. The van der Waals surface area contributed by atoms with Gasteiger partial charge in [0.15, 0.2) is 0 Å². The average Bonchev–Trinajstić information content (AvgIpc) is 2.87. The third kappa shape index (κ3) is 1.92. The predicted octanol–water partition coefficient (Wildman–Crippen LogP) is 2.96. The summed E-state index contributed by atoms with van der Waals surface area (Å²) in [5.41, 5.74) is 1.36. The largest absolute Gasteiger partial charge is 0.486 e. The molecule has 2 bridgehead atoms. The van der Waals surface area contributed by atoms with Crippen molar-refractivity contribution in [3.05, 3.63) is 28.2 Å². The standard InChI is InChI=1S/C16H21BrN2O/c1-18-14-9-16(5-7-19-6-4-11(16)10-19)20-15-8-12(17)2-3-13(14)15/h2-3,8,11,14,18H,4-7,9-10H2,1H3. The SMILES string of the molecule is CNC1CC2(CCN3CCC2C3)Oc2cc(Br)ccc21. The van der Waals surface area contributed by atoms with Crippen molar-refractivity contribution in [1.82, 2.24) is 10.2 Å². The summed E-state index contributed by atoms with van der Waals surface area (Å²) in [6.07, 6.45) is 3.57. The number of halogens is 1. The smallest absolute Gasteiger partial charge is 0.126 e. The molecule has 20 heavy (non-hydrogen) atoms. The highest BCUT2D eigenvalue weighted by atomic mass is 79.9. The number of nitrogens with zero attached hydrogens (tertiary/aromatic N) is 1. The van der Waals surface area contributed by atoms with E-state index in [-0.39, 0.29) is 5.60 Å². The average molecular weight is 337 g/mol. The Morgan fingerprint density at radius 2 is 2.30 bits per heavy atom. The number of piperidine rings is 1. The molecule has 0 saturated carbocycles. The van der Waals surface area contributed by atoms with Crippen LogP contribution in [-0.4, -0.2) is 37.2 Å². The molecular weight excluding hydrogens is 316 g/mol. The lowest BCUT2D eigenvalue weighted by Gasteiger charge is -2.48. The highest BCUT2D eigenvalue weighted by molar-refractivity contribution is 9.10. The van der Waals surface area contributed by atoms with E-state index < -0.39 is 0 Å². The van der Waals surface area contributed by atoms with Gasteiger partial charge >= 0.3 is 0 Å². The molecule has 2 fully saturated rings. The van der Waals surface area contributed by atoms with Crippen molar-refractivity contribution in [2.24, 2.45) is 5.92 Å². The van der Waals surface area contributed by atoms with Gasteiger partial charge < -0.3 is 15.0 Å². The highest BCUT2D eigenvalue weighted by Crippen LogP contribution is 2.49. The third-order valence-corrected chi connectivity index (χ3v) is 5.92. The Morgan fingerprint density at radius 1 is 1.40 bits per heavy atom. The second-order valence-corrected chi connectivity index (χ2v) is 7.35. The molecule has 1 spiro atoms. The lowest BCUT2D eigenvalue weighted by atomic mass is 9.74. The van der Waals surface area contributed by atoms with E-state index in [0.29, 0.717) is 12.0 Å². The molecular formula is C16H21BrN2O. The summed E-state index contributed by atoms with van der Waals surface area (Å²) < 4.78 is 7.71. The van der Waals surface area contributed by atoms with Gasteiger partial charge in [0.05, 0.1) is 0 Å². The van der Waals surface area contributed by atoms with Gasteiger partial charge in [-0.1, -0.05) is 22.0 Å². The van der Waals surface area contributed by atoms with Crippen molar-refractivity contribution >= 4 is 15.9 Å². The number of rotatable bonds is 1. The Labute approximate surface area is 128 Å². The first-order valence-corrected chi connectivity index (χ1v) is 8.37. The van der Waals surface area contributed by atoms with Gasteiger partial charge in [0.1, 0.15) is 11.4 Å². The van der Waals surface area contributed by atoms with Crippen LogP contribution in [0.3, 0.4) is 0 Å². The van der Waals surface area contributed by atoms with Crippen LogP contribution < -0.4 is 10.1 Å². The second kappa shape index (κ2) is 4.72. The molecule has 0 aromatic heterocycles. The van der Waals surface area contributed by atoms with Crippen LogP contribution in [0.1, 0.15) is 30.9 Å². The number of ether oxygens (including phenoxy) is 1. The minimum absolute atomic E-state index is 0.0501. The first kappa shape index (κ1) is 13.1. The molecule has 4 atom stereocenters. The summed E-state index contributed by atoms with van der Waals surface area (Å²) in [5.74, 6) is 1.77. The molecule has 4 rings (SSSR count). The van der Waals surface area contributed by atoms with E-state index in [9.17, 15) is 0 Å². The molecule has 0 amide bonds. The van der Waals surface area contributed by atoms with Crippen molar-refractivity contribution < 1.29 is 4.74 Å². The van der Waals surface area contributed by atoms with Crippen LogP contribution in [0.5, 0.6) is 5.75 Å². The molecule has 3 nitrogen and oxygen atoms in total. The van der Waals surface area contributed by atoms with Gasteiger partial charge in [0.2, 0.25) is 0 Å². The van der Waals surface area contributed by atoms with E-state index in [0.717, 1.165) is 16.6 Å². The van der Waals surface area contributed by atoms with Crippen molar-refractivity contribution in [2.45, 2.75) is 30.9 Å². The molecule has 3 aliphatic heterocycles. The Kier molecular flexibility index (Phi) is 3.09.